The minimum absolute atomic E-state index is 0. The van der Waals surface area contributed by atoms with Crippen molar-refractivity contribution in [3.05, 3.63) is 46.7 Å². The van der Waals surface area contributed by atoms with E-state index in [-0.39, 0.29) is 36.8 Å². The number of hydrogen-bond acceptors (Lipinski definition) is 9. The lowest BCUT2D eigenvalue weighted by Gasteiger charge is -2.36. The van der Waals surface area contributed by atoms with Crippen LogP contribution in [0.25, 0.3) is 11.0 Å². The van der Waals surface area contributed by atoms with E-state index >= 15 is 0 Å². The number of aromatic nitrogens is 3. The van der Waals surface area contributed by atoms with Gasteiger partial charge in [0, 0.05) is 43.5 Å². The van der Waals surface area contributed by atoms with E-state index in [2.05, 4.69) is 30.5 Å². The molecule has 0 unspecified atom stereocenters. The van der Waals surface area contributed by atoms with E-state index in [9.17, 15) is 9.90 Å². The maximum absolute atomic E-state index is 11.6. The van der Waals surface area contributed by atoms with Gasteiger partial charge in [0.25, 0.3) is 0 Å². The number of ether oxygens (including phenoxy) is 1. The van der Waals surface area contributed by atoms with Gasteiger partial charge in [0.15, 0.2) is 0 Å². The number of anilines is 1. The number of aliphatic hydroxyl groups is 1. The van der Waals surface area contributed by atoms with E-state index < -0.39 is 6.10 Å². The number of piperidine rings is 1. The number of nitrogens with zero attached hydrogens (tertiary/aromatic N) is 4. The molecule has 5 heterocycles. The molecule has 0 bridgehead atoms. The molecule has 3 aromatic heterocycles. The fourth-order valence-electron chi connectivity index (χ4n) is 4.48. The van der Waals surface area contributed by atoms with Crippen LogP contribution in [0.1, 0.15) is 17.7 Å². The van der Waals surface area contributed by atoms with Gasteiger partial charge in [-0.15, -0.1) is 36.6 Å². The highest BCUT2D eigenvalue weighted by molar-refractivity contribution is 8.00. The number of pyridine rings is 3. The molecule has 13 heteroatoms. The molecule has 5 rings (SSSR count). The summed E-state index contributed by atoms with van der Waals surface area (Å²) in [5.74, 6) is 1.54. The first-order valence-electron chi connectivity index (χ1n) is 11.5. The van der Waals surface area contributed by atoms with Crippen LogP contribution in [-0.2, 0) is 17.8 Å². The predicted molar refractivity (Wildman–Crippen MR) is 151 cm³/mol. The Kier molecular flexibility index (Phi) is 10.6. The standard InChI is InChI=1S/C24H27ClN6O3S.2ClH/c1-34-22-5-3-18-23(30-22)15(16(25)11-27-18)6-8-31-9-7-17(19(32)12-31)26-10-14-2-4-20-24(28-14)29-21(33)13-35-20;;/h2-5,11,17,19,26,32H,6-10,12-13H2,1H3,(H,28,29,33);2*1H/t17-,19-;;/m0../s1. The third kappa shape index (κ3) is 6.94. The Morgan fingerprint density at radius 2 is 2.11 bits per heavy atom. The highest BCUT2D eigenvalue weighted by Crippen LogP contribution is 2.30. The Morgan fingerprint density at radius 3 is 2.89 bits per heavy atom. The summed E-state index contributed by atoms with van der Waals surface area (Å²) < 4.78 is 5.27. The molecule has 3 N–H and O–H groups in total. The number of thioether (sulfide) groups is 1. The van der Waals surface area contributed by atoms with Crippen LogP contribution in [0.15, 0.2) is 35.4 Å². The number of β-amino-alcohol motifs (C(OH)–C–C–N with tert-alkyl or cyclic N) is 1. The first kappa shape index (κ1) is 29.6. The number of likely N-dealkylation sites (tertiary alicyclic amines) is 1. The van der Waals surface area contributed by atoms with Gasteiger partial charge in [-0.2, -0.15) is 0 Å². The molecule has 37 heavy (non-hydrogen) atoms. The van der Waals surface area contributed by atoms with Gasteiger partial charge in [-0.05, 0) is 37.6 Å². The maximum atomic E-state index is 11.6. The molecule has 0 radical (unpaired) electrons. The minimum Gasteiger partial charge on any atom is -0.481 e. The van der Waals surface area contributed by atoms with Crippen molar-refractivity contribution < 1.29 is 14.6 Å². The molecule has 2 aliphatic rings. The zero-order valence-electron chi connectivity index (χ0n) is 20.1. The lowest BCUT2D eigenvalue weighted by Crippen LogP contribution is -2.52. The summed E-state index contributed by atoms with van der Waals surface area (Å²) in [6.45, 7) is 2.71. The Labute approximate surface area is 236 Å². The zero-order valence-corrected chi connectivity index (χ0v) is 23.4. The second-order valence-electron chi connectivity index (χ2n) is 8.69. The van der Waals surface area contributed by atoms with Crippen LogP contribution >= 0.6 is 48.2 Å². The number of halogens is 3. The van der Waals surface area contributed by atoms with Crippen LogP contribution in [0.4, 0.5) is 5.82 Å². The van der Waals surface area contributed by atoms with Crippen molar-refractivity contribution in [2.45, 2.75) is 36.4 Å². The Bertz CT molecular complexity index is 1250. The molecule has 0 saturated carbocycles. The van der Waals surface area contributed by atoms with Crippen LogP contribution in [0.5, 0.6) is 5.88 Å². The van der Waals surface area contributed by atoms with Crippen molar-refractivity contribution in [3.63, 3.8) is 0 Å². The Hall–Kier alpha value is -1.92. The van der Waals surface area contributed by atoms with Gasteiger partial charge >= 0.3 is 0 Å². The molecule has 0 aliphatic carbocycles. The van der Waals surface area contributed by atoms with Gasteiger partial charge in [-0.3, -0.25) is 9.78 Å². The number of fused-ring (bicyclic) bond motifs is 2. The van der Waals surface area contributed by atoms with Gasteiger partial charge in [-0.1, -0.05) is 11.6 Å². The predicted octanol–water partition coefficient (Wildman–Crippen LogP) is 3.34. The highest BCUT2D eigenvalue weighted by atomic mass is 35.5. The molecule has 9 nitrogen and oxygen atoms in total. The number of rotatable bonds is 7. The van der Waals surface area contributed by atoms with E-state index in [1.54, 1.807) is 19.4 Å². The Morgan fingerprint density at radius 1 is 1.27 bits per heavy atom. The zero-order chi connectivity index (χ0) is 24.4. The fourth-order valence-corrected chi connectivity index (χ4v) is 5.46. The molecule has 2 atom stereocenters. The van der Waals surface area contributed by atoms with E-state index in [0.29, 0.717) is 42.0 Å². The smallest absolute Gasteiger partial charge is 0.235 e. The number of nitrogens with one attached hydrogen (secondary N) is 2. The number of carbonyl (C=O) groups excluding carboxylic acids is 1. The summed E-state index contributed by atoms with van der Waals surface area (Å²) in [6.07, 6.45) is 2.68. The molecule has 1 amide bonds. The van der Waals surface area contributed by atoms with Crippen LogP contribution in [0.3, 0.4) is 0 Å². The Balaban J connectivity index is 0.00000190. The summed E-state index contributed by atoms with van der Waals surface area (Å²) in [7, 11) is 1.59. The second kappa shape index (κ2) is 13.2. The summed E-state index contributed by atoms with van der Waals surface area (Å²) in [4.78, 5) is 28.3. The monoisotopic (exact) mass is 586 g/mol. The second-order valence-corrected chi connectivity index (χ2v) is 10.1. The third-order valence-corrected chi connectivity index (χ3v) is 7.74. The summed E-state index contributed by atoms with van der Waals surface area (Å²) in [5.41, 5.74) is 3.31. The van der Waals surface area contributed by atoms with Crippen LogP contribution < -0.4 is 15.4 Å². The number of hydrogen-bond donors (Lipinski definition) is 3. The van der Waals surface area contributed by atoms with Crippen molar-refractivity contribution in [1.29, 1.82) is 0 Å². The van der Waals surface area contributed by atoms with Gasteiger partial charge in [0.05, 0.1) is 45.6 Å². The van der Waals surface area contributed by atoms with E-state index in [0.717, 1.165) is 46.7 Å². The van der Waals surface area contributed by atoms with E-state index in [1.807, 2.05) is 18.2 Å². The van der Waals surface area contributed by atoms with Gasteiger partial charge in [0.2, 0.25) is 11.8 Å². The van der Waals surface area contributed by atoms with E-state index in [4.69, 9.17) is 16.3 Å². The number of methoxy groups -OCH3 is 1. The summed E-state index contributed by atoms with van der Waals surface area (Å²) in [6, 6.07) is 7.59. The SMILES string of the molecule is COc1ccc2ncc(Cl)c(CCN3CC[C@H](NCc4ccc5c(n4)NC(=O)CS5)[C@@H](O)C3)c2n1.Cl.Cl. The van der Waals surface area contributed by atoms with Gasteiger partial charge < -0.3 is 25.4 Å². The third-order valence-electron chi connectivity index (χ3n) is 6.37. The first-order chi connectivity index (χ1) is 17.0. The molecule has 200 valence electrons. The lowest BCUT2D eigenvalue weighted by molar-refractivity contribution is -0.113. The average Bonchev–Trinajstić information content (AvgIpc) is 2.87. The summed E-state index contributed by atoms with van der Waals surface area (Å²) >= 11 is 7.96. The van der Waals surface area contributed by atoms with Crippen molar-refractivity contribution in [2.75, 3.05) is 37.8 Å². The molecule has 1 saturated heterocycles. The van der Waals surface area contributed by atoms with Crippen LogP contribution in [0, 0.1) is 0 Å². The van der Waals surface area contributed by atoms with Crippen molar-refractivity contribution in [1.82, 2.24) is 25.2 Å². The van der Waals surface area contributed by atoms with Gasteiger partial charge in [-0.25, -0.2) is 9.97 Å². The normalized spacial score (nSPS) is 19.4. The molecule has 0 aromatic carbocycles. The van der Waals surface area contributed by atoms with E-state index in [1.165, 1.54) is 11.8 Å². The lowest BCUT2D eigenvalue weighted by atomic mass is 10.0. The highest BCUT2D eigenvalue weighted by Gasteiger charge is 2.27. The molecular weight excluding hydrogens is 559 g/mol. The largest absolute Gasteiger partial charge is 0.481 e. The minimum atomic E-state index is -0.500. The number of carbonyl (C=O) groups is 1. The quantitative estimate of drug-likeness (QED) is 0.383. The summed E-state index contributed by atoms with van der Waals surface area (Å²) in [5, 5.41) is 17.6. The average molecular weight is 588 g/mol. The molecule has 0 spiro atoms. The van der Waals surface area contributed by atoms with Gasteiger partial charge in [0.1, 0.15) is 5.82 Å². The molecule has 1 fully saturated rings. The van der Waals surface area contributed by atoms with Crippen LogP contribution in [-0.4, -0.2) is 75.5 Å². The molecule has 2 aliphatic heterocycles. The molecule has 3 aromatic rings. The maximum Gasteiger partial charge on any atom is 0.235 e. The van der Waals surface area contributed by atoms with Crippen molar-refractivity contribution in [2.24, 2.45) is 0 Å². The molecular formula is C24H29Cl3N6O3S. The topological polar surface area (TPSA) is 112 Å². The number of amides is 1. The number of aliphatic hydroxyl groups excluding tert-OH is 1. The van der Waals surface area contributed by atoms with Crippen LogP contribution in [0.2, 0.25) is 5.02 Å². The first-order valence-corrected chi connectivity index (χ1v) is 12.9. The van der Waals surface area contributed by atoms with Crippen molar-refractivity contribution >= 4 is 70.9 Å². The van der Waals surface area contributed by atoms with Crippen molar-refractivity contribution in [3.8, 4) is 5.88 Å². The fraction of sp³-hybridized carbons (Fsp3) is 0.417.